The lowest BCUT2D eigenvalue weighted by molar-refractivity contribution is -0.147. The molecule has 0 unspecified atom stereocenters. The molecule has 2 aliphatic rings. The van der Waals surface area contributed by atoms with E-state index in [2.05, 4.69) is 0 Å². The van der Waals surface area contributed by atoms with Crippen molar-refractivity contribution in [1.29, 1.82) is 0 Å². The zero-order valence-corrected chi connectivity index (χ0v) is 7.99. The third-order valence-corrected chi connectivity index (χ3v) is 3.27. The maximum atomic E-state index is 11.3. The van der Waals surface area contributed by atoms with Gasteiger partial charge in [-0.25, -0.2) is 0 Å². The molecule has 3 atom stereocenters. The minimum absolute atomic E-state index is 0.0367. The molecule has 1 saturated heterocycles. The van der Waals surface area contributed by atoms with Crippen molar-refractivity contribution in [2.75, 3.05) is 13.7 Å². The van der Waals surface area contributed by atoms with Crippen LogP contribution in [0.5, 0.6) is 0 Å². The highest BCUT2D eigenvalue weighted by Gasteiger charge is 2.37. The molecule has 1 saturated carbocycles. The van der Waals surface area contributed by atoms with Crippen molar-refractivity contribution < 1.29 is 14.3 Å². The number of hydrogen-bond donors (Lipinski definition) is 0. The van der Waals surface area contributed by atoms with Gasteiger partial charge in [-0.15, -0.1) is 0 Å². The standard InChI is InChI=1S/C10H16O3/c1-12-10(11)8-2-3-9-7(6-8)4-5-13-9/h7-9H,2-6H2,1H3/t7-,8+,9+/m0/s1. The largest absolute Gasteiger partial charge is 0.469 e. The molecule has 2 rings (SSSR count). The van der Waals surface area contributed by atoms with Crippen molar-refractivity contribution in [1.82, 2.24) is 0 Å². The number of carbonyl (C=O) groups is 1. The second-order valence-corrected chi connectivity index (χ2v) is 3.99. The maximum absolute atomic E-state index is 11.3. The molecule has 0 aromatic rings. The summed E-state index contributed by atoms with van der Waals surface area (Å²) in [6.45, 7) is 0.878. The van der Waals surface area contributed by atoms with Crippen LogP contribution in [-0.4, -0.2) is 25.8 Å². The summed E-state index contributed by atoms with van der Waals surface area (Å²) in [6.07, 6.45) is 4.49. The van der Waals surface area contributed by atoms with E-state index in [1.807, 2.05) is 0 Å². The number of esters is 1. The highest BCUT2D eigenvalue weighted by molar-refractivity contribution is 5.72. The van der Waals surface area contributed by atoms with Crippen LogP contribution in [0, 0.1) is 11.8 Å². The number of ether oxygens (including phenoxy) is 2. The fraction of sp³-hybridized carbons (Fsp3) is 0.900. The molecule has 0 aromatic heterocycles. The first-order chi connectivity index (χ1) is 6.31. The average molecular weight is 184 g/mol. The first-order valence-electron chi connectivity index (χ1n) is 5.00. The summed E-state index contributed by atoms with van der Waals surface area (Å²) in [7, 11) is 1.47. The third-order valence-electron chi connectivity index (χ3n) is 3.27. The van der Waals surface area contributed by atoms with Crippen molar-refractivity contribution >= 4 is 5.97 Å². The lowest BCUT2D eigenvalue weighted by Crippen LogP contribution is -2.30. The molecule has 2 fully saturated rings. The van der Waals surface area contributed by atoms with E-state index < -0.39 is 0 Å². The Balaban J connectivity index is 1.93. The fourth-order valence-corrected chi connectivity index (χ4v) is 2.51. The lowest BCUT2D eigenvalue weighted by atomic mass is 9.79. The molecule has 1 aliphatic carbocycles. The number of fused-ring (bicyclic) bond motifs is 1. The Morgan fingerprint density at radius 2 is 2.23 bits per heavy atom. The zero-order chi connectivity index (χ0) is 9.26. The van der Waals surface area contributed by atoms with Crippen molar-refractivity contribution in [3.63, 3.8) is 0 Å². The topological polar surface area (TPSA) is 35.5 Å². The summed E-state index contributed by atoms with van der Waals surface area (Å²) in [5.74, 6) is 0.705. The predicted octanol–water partition coefficient (Wildman–Crippen LogP) is 1.36. The first kappa shape index (κ1) is 9.00. The normalized spacial score (nSPS) is 38.4. The first-order valence-corrected chi connectivity index (χ1v) is 5.00. The van der Waals surface area contributed by atoms with Crippen LogP contribution < -0.4 is 0 Å². The molecule has 1 heterocycles. The van der Waals surface area contributed by atoms with Gasteiger partial charge < -0.3 is 9.47 Å². The smallest absolute Gasteiger partial charge is 0.308 e. The van der Waals surface area contributed by atoms with Gasteiger partial charge in [-0.3, -0.25) is 4.79 Å². The molecule has 1 aliphatic heterocycles. The molecule has 3 heteroatoms. The molecule has 13 heavy (non-hydrogen) atoms. The van der Waals surface area contributed by atoms with Gasteiger partial charge in [0.05, 0.1) is 19.1 Å². The van der Waals surface area contributed by atoms with Crippen LogP contribution in [0.15, 0.2) is 0 Å². The van der Waals surface area contributed by atoms with Gasteiger partial charge in [0.1, 0.15) is 0 Å². The molecular weight excluding hydrogens is 168 g/mol. The summed E-state index contributed by atoms with van der Waals surface area (Å²) in [4.78, 5) is 11.3. The van der Waals surface area contributed by atoms with E-state index in [0.29, 0.717) is 12.0 Å². The van der Waals surface area contributed by atoms with E-state index in [1.165, 1.54) is 7.11 Å². The van der Waals surface area contributed by atoms with E-state index in [1.54, 1.807) is 0 Å². The predicted molar refractivity (Wildman–Crippen MR) is 47.2 cm³/mol. The number of rotatable bonds is 1. The van der Waals surface area contributed by atoms with Crippen LogP contribution in [0.4, 0.5) is 0 Å². The molecule has 0 radical (unpaired) electrons. The van der Waals surface area contributed by atoms with Crippen LogP contribution in [0.1, 0.15) is 25.7 Å². The Morgan fingerprint density at radius 3 is 3.00 bits per heavy atom. The van der Waals surface area contributed by atoms with Gasteiger partial charge in [-0.05, 0) is 31.6 Å². The second kappa shape index (κ2) is 3.66. The summed E-state index contributed by atoms with van der Waals surface area (Å²) < 4.78 is 10.3. The van der Waals surface area contributed by atoms with E-state index in [-0.39, 0.29) is 11.9 Å². The fourth-order valence-electron chi connectivity index (χ4n) is 2.51. The second-order valence-electron chi connectivity index (χ2n) is 3.99. The van der Waals surface area contributed by atoms with Crippen molar-refractivity contribution in [2.24, 2.45) is 11.8 Å². The number of carbonyl (C=O) groups excluding carboxylic acids is 1. The Kier molecular flexibility index (Phi) is 2.54. The van der Waals surface area contributed by atoms with E-state index in [9.17, 15) is 4.79 Å². The minimum Gasteiger partial charge on any atom is -0.469 e. The van der Waals surface area contributed by atoms with E-state index in [0.717, 1.165) is 32.3 Å². The van der Waals surface area contributed by atoms with Gasteiger partial charge in [-0.1, -0.05) is 0 Å². The molecule has 0 N–H and O–H groups in total. The molecule has 74 valence electrons. The SMILES string of the molecule is COC(=O)[C@@H]1CC[C@H]2OCC[C@H]2C1. The van der Waals surface area contributed by atoms with Crippen LogP contribution >= 0.6 is 0 Å². The quantitative estimate of drug-likeness (QED) is 0.577. The molecule has 3 nitrogen and oxygen atoms in total. The van der Waals surface area contributed by atoms with Crippen LogP contribution in [0.25, 0.3) is 0 Å². The van der Waals surface area contributed by atoms with Gasteiger partial charge in [0, 0.05) is 6.61 Å². The molecule has 0 bridgehead atoms. The van der Waals surface area contributed by atoms with Gasteiger partial charge in [0.15, 0.2) is 0 Å². The highest BCUT2D eigenvalue weighted by atomic mass is 16.5. The van der Waals surface area contributed by atoms with Crippen molar-refractivity contribution in [3.8, 4) is 0 Å². The van der Waals surface area contributed by atoms with Crippen LogP contribution in [-0.2, 0) is 14.3 Å². The average Bonchev–Trinajstić information content (AvgIpc) is 2.63. The van der Waals surface area contributed by atoms with Crippen LogP contribution in [0.3, 0.4) is 0 Å². The number of methoxy groups -OCH3 is 1. The van der Waals surface area contributed by atoms with Crippen LogP contribution in [0.2, 0.25) is 0 Å². The maximum Gasteiger partial charge on any atom is 0.308 e. The molecule has 0 aromatic carbocycles. The molecular formula is C10H16O3. The minimum atomic E-state index is -0.0367. The monoisotopic (exact) mass is 184 g/mol. The molecule has 0 spiro atoms. The zero-order valence-electron chi connectivity index (χ0n) is 7.99. The molecule has 0 amide bonds. The van der Waals surface area contributed by atoms with Gasteiger partial charge in [0.25, 0.3) is 0 Å². The van der Waals surface area contributed by atoms with Gasteiger partial charge in [-0.2, -0.15) is 0 Å². The Morgan fingerprint density at radius 1 is 1.38 bits per heavy atom. The van der Waals surface area contributed by atoms with E-state index in [4.69, 9.17) is 9.47 Å². The Hall–Kier alpha value is -0.570. The summed E-state index contributed by atoms with van der Waals surface area (Å²) in [6, 6.07) is 0. The number of hydrogen-bond acceptors (Lipinski definition) is 3. The Bertz CT molecular complexity index is 202. The van der Waals surface area contributed by atoms with E-state index >= 15 is 0 Å². The lowest BCUT2D eigenvalue weighted by Gasteiger charge is -2.28. The highest BCUT2D eigenvalue weighted by Crippen LogP contribution is 2.37. The van der Waals surface area contributed by atoms with Crippen molar-refractivity contribution in [3.05, 3.63) is 0 Å². The summed E-state index contributed by atoms with van der Waals surface area (Å²) >= 11 is 0. The van der Waals surface area contributed by atoms with Gasteiger partial charge >= 0.3 is 5.97 Å². The Labute approximate surface area is 78.4 Å². The summed E-state index contributed by atoms with van der Waals surface area (Å²) in [5, 5.41) is 0. The third kappa shape index (κ3) is 1.70. The summed E-state index contributed by atoms with van der Waals surface area (Å²) in [5.41, 5.74) is 0. The van der Waals surface area contributed by atoms with Crippen molar-refractivity contribution in [2.45, 2.75) is 31.8 Å². The van der Waals surface area contributed by atoms with Gasteiger partial charge in [0.2, 0.25) is 0 Å².